The van der Waals surface area contributed by atoms with Crippen LogP contribution in [0.25, 0.3) is 6.08 Å². The van der Waals surface area contributed by atoms with Crippen molar-refractivity contribution in [2.45, 2.75) is 4.90 Å². The maximum atomic E-state index is 13.4. The molecule has 2 aromatic rings. The van der Waals surface area contributed by atoms with Crippen LogP contribution >= 0.6 is 0 Å². The summed E-state index contributed by atoms with van der Waals surface area (Å²) < 4.78 is 56.0. The Labute approximate surface area is 186 Å². The highest BCUT2D eigenvalue weighted by Gasteiger charge is 2.29. The van der Waals surface area contributed by atoms with E-state index in [1.54, 1.807) is 23.1 Å². The van der Waals surface area contributed by atoms with Gasteiger partial charge in [-0.05, 0) is 42.0 Å². The first kappa shape index (κ1) is 23.6. The number of ether oxygens (including phenoxy) is 3. The Bertz CT molecular complexity index is 1090. The van der Waals surface area contributed by atoms with Crippen molar-refractivity contribution in [3.05, 3.63) is 53.9 Å². The molecule has 1 saturated heterocycles. The summed E-state index contributed by atoms with van der Waals surface area (Å²) >= 11 is 0. The fourth-order valence-corrected chi connectivity index (χ4v) is 4.85. The molecule has 0 spiro atoms. The van der Waals surface area contributed by atoms with Gasteiger partial charge in [0.25, 0.3) is 0 Å². The first-order valence-electron chi connectivity index (χ1n) is 9.83. The number of methoxy groups -OCH3 is 3. The normalized spacial score (nSPS) is 15.1. The average Bonchev–Trinajstić information content (AvgIpc) is 2.81. The van der Waals surface area contributed by atoms with Gasteiger partial charge in [0.1, 0.15) is 5.82 Å². The van der Waals surface area contributed by atoms with E-state index in [2.05, 4.69) is 0 Å². The van der Waals surface area contributed by atoms with Crippen LogP contribution in [0.2, 0.25) is 0 Å². The molecule has 1 amide bonds. The number of hydrogen-bond acceptors (Lipinski definition) is 6. The minimum Gasteiger partial charge on any atom is -0.493 e. The molecule has 3 rings (SSSR count). The molecule has 1 aliphatic heterocycles. The van der Waals surface area contributed by atoms with Crippen LogP contribution in [0.15, 0.2) is 47.4 Å². The summed E-state index contributed by atoms with van der Waals surface area (Å²) in [5.41, 5.74) is 0.681. The van der Waals surface area contributed by atoms with Crippen LogP contribution in [-0.4, -0.2) is 71.0 Å². The Morgan fingerprint density at radius 1 is 0.969 bits per heavy atom. The highest BCUT2D eigenvalue weighted by atomic mass is 32.2. The molecule has 8 nitrogen and oxygen atoms in total. The van der Waals surface area contributed by atoms with Gasteiger partial charge in [-0.3, -0.25) is 4.79 Å². The lowest BCUT2D eigenvalue weighted by molar-refractivity contribution is -0.127. The number of sulfonamides is 1. The molecule has 0 aliphatic carbocycles. The molecule has 0 bridgehead atoms. The van der Waals surface area contributed by atoms with E-state index in [4.69, 9.17) is 14.2 Å². The van der Waals surface area contributed by atoms with E-state index >= 15 is 0 Å². The lowest BCUT2D eigenvalue weighted by Crippen LogP contribution is -2.50. The van der Waals surface area contributed by atoms with Gasteiger partial charge in [-0.25, -0.2) is 12.8 Å². The number of carbonyl (C=O) groups excluding carboxylic acids is 1. The molecule has 0 unspecified atom stereocenters. The number of rotatable bonds is 7. The average molecular weight is 465 g/mol. The summed E-state index contributed by atoms with van der Waals surface area (Å²) in [7, 11) is 0.709. The standard InChI is InChI=1S/C22H25FN2O6S/c1-29-19-13-16(14-20(30-2)22(19)31-3)7-8-21(26)24-9-11-25(12-10-24)32(27,28)18-6-4-5-17(23)15-18/h4-8,13-15H,9-12H2,1-3H3/b8-7+. The van der Waals surface area contributed by atoms with Crippen LogP contribution in [0, 0.1) is 5.82 Å². The van der Waals surface area contributed by atoms with Gasteiger partial charge in [0.05, 0.1) is 26.2 Å². The van der Waals surface area contributed by atoms with Gasteiger partial charge in [0.15, 0.2) is 11.5 Å². The maximum absolute atomic E-state index is 13.4. The Balaban J connectivity index is 1.67. The minimum absolute atomic E-state index is 0.0976. The molecule has 1 fully saturated rings. The van der Waals surface area contributed by atoms with E-state index in [0.717, 1.165) is 6.07 Å². The predicted octanol–water partition coefficient (Wildman–Crippen LogP) is 2.40. The summed E-state index contributed by atoms with van der Waals surface area (Å²) in [6.07, 6.45) is 3.04. The van der Waals surface area contributed by atoms with E-state index in [0.29, 0.717) is 22.8 Å². The van der Waals surface area contributed by atoms with Crippen LogP contribution in [-0.2, 0) is 14.8 Å². The summed E-state index contributed by atoms with van der Waals surface area (Å²) in [6.45, 7) is 0.713. The highest BCUT2D eigenvalue weighted by molar-refractivity contribution is 7.89. The van der Waals surface area contributed by atoms with E-state index in [9.17, 15) is 17.6 Å². The van der Waals surface area contributed by atoms with Gasteiger partial charge < -0.3 is 19.1 Å². The third-order valence-electron chi connectivity index (χ3n) is 5.09. The minimum atomic E-state index is -3.81. The number of piperazine rings is 1. The van der Waals surface area contributed by atoms with E-state index < -0.39 is 15.8 Å². The van der Waals surface area contributed by atoms with Gasteiger partial charge in [-0.15, -0.1) is 0 Å². The summed E-state index contributed by atoms with van der Waals surface area (Å²) in [5.74, 6) is 0.526. The summed E-state index contributed by atoms with van der Waals surface area (Å²) in [5, 5.41) is 0. The molecule has 172 valence electrons. The van der Waals surface area contributed by atoms with Crippen molar-refractivity contribution in [2.75, 3.05) is 47.5 Å². The topological polar surface area (TPSA) is 85.4 Å². The number of carbonyl (C=O) groups is 1. The van der Waals surface area contributed by atoms with E-state index in [1.807, 2.05) is 0 Å². The van der Waals surface area contributed by atoms with Gasteiger partial charge in [0, 0.05) is 32.3 Å². The zero-order valence-electron chi connectivity index (χ0n) is 18.1. The number of amides is 1. The zero-order chi connectivity index (χ0) is 23.3. The van der Waals surface area contributed by atoms with Crippen LogP contribution < -0.4 is 14.2 Å². The monoisotopic (exact) mass is 464 g/mol. The molecule has 1 heterocycles. The first-order valence-corrected chi connectivity index (χ1v) is 11.3. The SMILES string of the molecule is COc1cc(/C=C/C(=O)N2CCN(S(=O)(=O)c3cccc(F)c3)CC2)cc(OC)c1OC. The molecular weight excluding hydrogens is 439 g/mol. The molecule has 0 N–H and O–H groups in total. The Morgan fingerprint density at radius 2 is 1.59 bits per heavy atom. The number of benzene rings is 2. The second kappa shape index (κ2) is 10.0. The van der Waals surface area contributed by atoms with Crippen molar-refractivity contribution < 1.29 is 31.8 Å². The summed E-state index contributed by atoms with van der Waals surface area (Å²) in [6, 6.07) is 8.33. The van der Waals surface area contributed by atoms with Crippen LogP contribution in [0.5, 0.6) is 17.2 Å². The Morgan fingerprint density at radius 3 is 2.12 bits per heavy atom. The van der Waals surface area contributed by atoms with Crippen LogP contribution in [0.1, 0.15) is 5.56 Å². The second-order valence-electron chi connectivity index (χ2n) is 6.98. The molecule has 0 atom stereocenters. The van der Waals surface area contributed by atoms with Crippen molar-refractivity contribution in [3.8, 4) is 17.2 Å². The number of nitrogens with zero attached hydrogens (tertiary/aromatic N) is 2. The molecule has 1 aliphatic rings. The lowest BCUT2D eigenvalue weighted by Gasteiger charge is -2.33. The first-order chi connectivity index (χ1) is 15.3. The third-order valence-corrected chi connectivity index (χ3v) is 6.98. The van der Waals surface area contributed by atoms with Gasteiger partial charge in [-0.2, -0.15) is 4.31 Å². The van der Waals surface area contributed by atoms with Crippen LogP contribution in [0.3, 0.4) is 0 Å². The second-order valence-corrected chi connectivity index (χ2v) is 8.92. The molecule has 0 radical (unpaired) electrons. The Hall–Kier alpha value is -3.11. The fraction of sp³-hybridized carbons (Fsp3) is 0.318. The molecular formula is C22H25FN2O6S. The fourth-order valence-electron chi connectivity index (χ4n) is 3.40. The molecule has 32 heavy (non-hydrogen) atoms. The summed E-state index contributed by atoms with van der Waals surface area (Å²) in [4.78, 5) is 14.1. The van der Waals surface area contributed by atoms with Crippen molar-refractivity contribution in [3.63, 3.8) is 0 Å². The van der Waals surface area contributed by atoms with Gasteiger partial charge in [-0.1, -0.05) is 6.07 Å². The molecule has 2 aromatic carbocycles. The zero-order valence-corrected chi connectivity index (χ0v) is 18.9. The van der Waals surface area contributed by atoms with E-state index in [1.165, 1.54) is 49.9 Å². The van der Waals surface area contributed by atoms with Crippen molar-refractivity contribution in [1.29, 1.82) is 0 Å². The Kier molecular flexibility index (Phi) is 7.37. The largest absolute Gasteiger partial charge is 0.493 e. The van der Waals surface area contributed by atoms with Gasteiger partial charge in [0.2, 0.25) is 21.7 Å². The molecule has 10 heteroatoms. The lowest BCUT2D eigenvalue weighted by atomic mass is 10.1. The predicted molar refractivity (Wildman–Crippen MR) is 117 cm³/mol. The smallest absolute Gasteiger partial charge is 0.246 e. The highest BCUT2D eigenvalue weighted by Crippen LogP contribution is 2.38. The number of hydrogen-bond donors (Lipinski definition) is 0. The van der Waals surface area contributed by atoms with Crippen LogP contribution in [0.4, 0.5) is 4.39 Å². The maximum Gasteiger partial charge on any atom is 0.246 e. The molecule has 0 aromatic heterocycles. The molecule has 0 saturated carbocycles. The van der Waals surface area contributed by atoms with Crippen molar-refractivity contribution in [2.24, 2.45) is 0 Å². The quantitative estimate of drug-likeness (QED) is 0.585. The van der Waals surface area contributed by atoms with E-state index in [-0.39, 0.29) is 37.0 Å². The third kappa shape index (κ3) is 5.03. The van der Waals surface area contributed by atoms with Gasteiger partial charge >= 0.3 is 0 Å². The van der Waals surface area contributed by atoms with Crippen molar-refractivity contribution >= 4 is 22.0 Å². The van der Waals surface area contributed by atoms with Crippen molar-refractivity contribution in [1.82, 2.24) is 9.21 Å². The number of halogens is 1.